The predicted octanol–water partition coefficient (Wildman–Crippen LogP) is 8.48. The highest BCUT2D eigenvalue weighted by Gasteiger charge is 2.40. The Labute approximate surface area is 212 Å². The molecular formula is C27H24BrCl2NO2. The summed E-state index contributed by atoms with van der Waals surface area (Å²) in [5.41, 5.74) is 5.61. The van der Waals surface area contributed by atoms with Crippen LogP contribution >= 0.6 is 39.1 Å². The maximum absolute atomic E-state index is 6.64. The van der Waals surface area contributed by atoms with Crippen molar-refractivity contribution in [2.45, 2.75) is 31.9 Å². The van der Waals surface area contributed by atoms with Crippen molar-refractivity contribution in [1.82, 2.24) is 0 Å². The summed E-state index contributed by atoms with van der Waals surface area (Å²) in [6.45, 7) is 2.48. The SMILES string of the molecule is COc1cc([C@@H]2Nc3c(C)ccc(Cl)c3[C@@H]3C=CC[C@@H]32)cc(Br)c1OCc1ccccc1Cl. The summed E-state index contributed by atoms with van der Waals surface area (Å²) >= 11 is 16.7. The molecule has 0 radical (unpaired) electrons. The molecule has 0 bridgehead atoms. The Kier molecular flexibility index (Phi) is 6.34. The highest BCUT2D eigenvalue weighted by Crippen LogP contribution is 2.53. The molecule has 0 saturated heterocycles. The van der Waals surface area contributed by atoms with Gasteiger partial charge in [0.25, 0.3) is 0 Å². The smallest absolute Gasteiger partial charge is 0.175 e. The van der Waals surface area contributed by atoms with Crippen LogP contribution in [0.4, 0.5) is 5.69 Å². The number of fused-ring (bicyclic) bond motifs is 3. The van der Waals surface area contributed by atoms with Crippen LogP contribution in [-0.2, 0) is 6.61 Å². The van der Waals surface area contributed by atoms with Gasteiger partial charge in [-0.2, -0.15) is 0 Å². The summed E-state index contributed by atoms with van der Waals surface area (Å²) in [5.74, 6) is 2.02. The van der Waals surface area contributed by atoms with E-state index in [1.807, 2.05) is 30.3 Å². The molecule has 0 unspecified atom stereocenters. The van der Waals surface area contributed by atoms with Gasteiger partial charge in [0.2, 0.25) is 0 Å². The Balaban J connectivity index is 1.49. The van der Waals surface area contributed by atoms with E-state index in [1.165, 1.54) is 11.1 Å². The predicted molar refractivity (Wildman–Crippen MR) is 139 cm³/mol. The second kappa shape index (κ2) is 9.25. The van der Waals surface area contributed by atoms with Gasteiger partial charge >= 0.3 is 0 Å². The minimum atomic E-state index is 0.123. The number of rotatable bonds is 5. The van der Waals surface area contributed by atoms with E-state index in [-0.39, 0.29) is 6.04 Å². The molecule has 0 aromatic heterocycles. The molecule has 1 N–H and O–H groups in total. The van der Waals surface area contributed by atoms with Crippen LogP contribution in [0.2, 0.25) is 10.0 Å². The molecule has 0 spiro atoms. The molecule has 3 nitrogen and oxygen atoms in total. The van der Waals surface area contributed by atoms with Crippen molar-refractivity contribution >= 4 is 44.8 Å². The van der Waals surface area contributed by atoms with Crippen molar-refractivity contribution in [1.29, 1.82) is 0 Å². The summed E-state index contributed by atoms with van der Waals surface area (Å²) in [4.78, 5) is 0. The van der Waals surface area contributed by atoms with Crippen molar-refractivity contribution in [2.24, 2.45) is 5.92 Å². The number of hydrogen-bond donors (Lipinski definition) is 1. The average Bonchev–Trinajstić information content (AvgIpc) is 3.30. The monoisotopic (exact) mass is 543 g/mol. The lowest BCUT2D eigenvalue weighted by molar-refractivity contribution is 0.282. The fraction of sp³-hybridized carbons (Fsp3) is 0.259. The Bertz CT molecular complexity index is 1240. The summed E-state index contributed by atoms with van der Waals surface area (Å²) in [6.07, 6.45) is 5.57. The van der Waals surface area contributed by atoms with Crippen LogP contribution in [0.5, 0.6) is 11.5 Å². The van der Waals surface area contributed by atoms with Crippen molar-refractivity contribution in [3.05, 3.63) is 97.5 Å². The van der Waals surface area contributed by atoms with Gasteiger partial charge in [0.15, 0.2) is 11.5 Å². The zero-order chi connectivity index (χ0) is 23.1. The molecule has 0 fully saturated rings. The zero-order valence-electron chi connectivity index (χ0n) is 18.4. The number of ether oxygens (including phenoxy) is 2. The first-order valence-corrected chi connectivity index (χ1v) is 12.5. The number of halogens is 3. The summed E-state index contributed by atoms with van der Waals surface area (Å²) < 4.78 is 12.7. The topological polar surface area (TPSA) is 30.5 Å². The largest absolute Gasteiger partial charge is 0.493 e. The minimum absolute atomic E-state index is 0.123. The number of allylic oxidation sites excluding steroid dienone is 2. The van der Waals surface area contributed by atoms with Gasteiger partial charge < -0.3 is 14.8 Å². The molecule has 33 heavy (non-hydrogen) atoms. The van der Waals surface area contributed by atoms with Gasteiger partial charge in [-0.05, 0) is 70.6 Å². The van der Waals surface area contributed by atoms with Crippen molar-refractivity contribution in [3.8, 4) is 11.5 Å². The number of methoxy groups -OCH3 is 1. The Morgan fingerprint density at radius 3 is 2.70 bits per heavy atom. The van der Waals surface area contributed by atoms with E-state index < -0.39 is 0 Å². The van der Waals surface area contributed by atoms with Crippen LogP contribution in [0.15, 0.2) is 65.2 Å². The second-order valence-electron chi connectivity index (χ2n) is 8.54. The summed E-state index contributed by atoms with van der Waals surface area (Å²) in [7, 11) is 1.67. The van der Waals surface area contributed by atoms with Crippen molar-refractivity contribution in [3.63, 3.8) is 0 Å². The molecule has 3 atom stereocenters. The van der Waals surface area contributed by atoms with E-state index in [4.69, 9.17) is 32.7 Å². The molecule has 6 heteroatoms. The fourth-order valence-electron chi connectivity index (χ4n) is 4.96. The van der Waals surface area contributed by atoms with E-state index >= 15 is 0 Å². The van der Waals surface area contributed by atoms with Gasteiger partial charge in [-0.1, -0.05) is 59.6 Å². The maximum atomic E-state index is 6.64. The lowest BCUT2D eigenvalue weighted by Crippen LogP contribution is -2.30. The van der Waals surface area contributed by atoms with Gasteiger partial charge in [0.1, 0.15) is 6.61 Å². The van der Waals surface area contributed by atoms with Crippen LogP contribution in [-0.4, -0.2) is 7.11 Å². The Hall–Kier alpha value is -2.14. The quantitative estimate of drug-likeness (QED) is 0.327. The fourth-order valence-corrected chi connectivity index (χ4v) is 6.01. The van der Waals surface area contributed by atoms with Gasteiger partial charge in [-0.3, -0.25) is 0 Å². The lowest BCUT2D eigenvalue weighted by Gasteiger charge is -2.39. The third-order valence-corrected chi connectivity index (χ3v) is 7.90. The molecule has 0 amide bonds. The summed E-state index contributed by atoms with van der Waals surface area (Å²) in [6, 6.07) is 16.1. The molecule has 1 aliphatic carbocycles. The first-order valence-electron chi connectivity index (χ1n) is 10.9. The molecule has 5 rings (SSSR count). The molecule has 0 saturated carbocycles. The first kappa shape index (κ1) is 22.6. The van der Waals surface area contributed by atoms with Crippen LogP contribution in [0.25, 0.3) is 0 Å². The molecule has 1 aliphatic heterocycles. The second-order valence-corrected chi connectivity index (χ2v) is 10.2. The molecule has 3 aromatic rings. The standard InChI is InChI=1S/C27H24BrCl2NO2/c1-15-10-11-22(30)24-18-7-5-8-19(18)26(31-25(15)24)17-12-20(28)27(23(13-17)32-2)33-14-16-6-3-4-9-21(16)29/h3-7,9-13,18-19,26,31H,8,14H2,1-2H3/t18-,19+,26+/m1/s1. The van der Waals surface area contributed by atoms with E-state index in [9.17, 15) is 0 Å². The van der Waals surface area contributed by atoms with Gasteiger partial charge in [0.05, 0.1) is 17.6 Å². The van der Waals surface area contributed by atoms with Crippen LogP contribution in [0, 0.1) is 12.8 Å². The van der Waals surface area contributed by atoms with E-state index in [2.05, 4.69) is 58.5 Å². The Morgan fingerprint density at radius 1 is 1.09 bits per heavy atom. The minimum Gasteiger partial charge on any atom is -0.493 e. The highest BCUT2D eigenvalue weighted by molar-refractivity contribution is 9.10. The molecule has 170 valence electrons. The van der Waals surface area contributed by atoms with Crippen LogP contribution < -0.4 is 14.8 Å². The highest BCUT2D eigenvalue weighted by atomic mass is 79.9. The number of benzene rings is 3. The number of hydrogen-bond acceptors (Lipinski definition) is 3. The zero-order valence-corrected chi connectivity index (χ0v) is 21.5. The van der Waals surface area contributed by atoms with Crippen molar-refractivity contribution < 1.29 is 9.47 Å². The van der Waals surface area contributed by atoms with E-state index in [0.717, 1.165) is 32.7 Å². The molecule has 2 aliphatic rings. The number of anilines is 1. The van der Waals surface area contributed by atoms with Crippen LogP contribution in [0.1, 0.15) is 40.6 Å². The first-order chi connectivity index (χ1) is 16.0. The van der Waals surface area contributed by atoms with E-state index in [1.54, 1.807) is 7.11 Å². The molecule has 1 heterocycles. The average molecular weight is 545 g/mol. The normalized spacial score (nSPS) is 20.7. The number of aryl methyl sites for hydroxylation is 1. The molecular weight excluding hydrogens is 521 g/mol. The van der Waals surface area contributed by atoms with Gasteiger partial charge in [-0.15, -0.1) is 0 Å². The third-order valence-electron chi connectivity index (χ3n) is 6.62. The number of nitrogens with one attached hydrogen (secondary N) is 1. The van der Waals surface area contributed by atoms with Crippen LogP contribution in [0.3, 0.4) is 0 Å². The van der Waals surface area contributed by atoms with Crippen molar-refractivity contribution in [2.75, 3.05) is 12.4 Å². The Morgan fingerprint density at radius 2 is 1.91 bits per heavy atom. The lowest BCUT2D eigenvalue weighted by atomic mass is 9.76. The third kappa shape index (κ3) is 4.14. The maximum Gasteiger partial charge on any atom is 0.175 e. The van der Waals surface area contributed by atoms with Gasteiger partial charge in [0, 0.05) is 32.8 Å². The molecule has 3 aromatic carbocycles. The van der Waals surface area contributed by atoms with E-state index in [0.29, 0.717) is 35.0 Å². The summed E-state index contributed by atoms with van der Waals surface area (Å²) in [5, 5.41) is 5.31. The van der Waals surface area contributed by atoms with Gasteiger partial charge in [-0.25, -0.2) is 0 Å².